The fourth-order valence-electron chi connectivity index (χ4n) is 2.42. The monoisotopic (exact) mass is 298 g/mol. The number of nitrogens with two attached hydrogens (primary N) is 1. The summed E-state index contributed by atoms with van der Waals surface area (Å²) < 4.78 is 43.5. The number of alkyl halides is 3. The Morgan fingerprint density at radius 3 is 2.48 bits per heavy atom. The SMILES string of the molecule is CCc1occc1C(NN)c1ccc(C(F)(F)F)cc1C. The van der Waals surface area contributed by atoms with Crippen molar-refractivity contribution in [3.8, 4) is 0 Å². The van der Waals surface area contributed by atoms with Gasteiger partial charge in [0.1, 0.15) is 5.76 Å². The van der Waals surface area contributed by atoms with Gasteiger partial charge in [-0.05, 0) is 36.2 Å². The highest BCUT2D eigenvalue weighted by Crippen LogP contribution is 2.33. The Bertz CT molecular complexity index is 620. The summed E-state index contributed by atoms with van der Waals surface area (Å²) in [5.74, 6) is 6.36. The summed E-state index contributed by atoms with van der Waals surface area (Å²) in [4.78, 5) is 0. The van der Waals surface area contributed by atoms with E-state index in [-0.39, 0.29) is 0 Å². The number of furan rings is 1. The van der Waals surface area contributed by atoms with Crippen LogP contribution in [0.5, 0.6) is 0 Å². The highest BCUT2D eigenvalue weighted by molar-refractivity contribution is 5.40. The second-order valence-corrected chi connectivity index (χ2v) is 4.82. The van der Waals surface area contributed by atoms with Gasteiger partial charge >= 0.3 is 6.18 Å². The topological polar surface area (TPSA) is 51.2 Å². The predicted molar refractivity (Wildman–Crippen MR) is 73.4 cm³/mol. The van der Waals surface area contributed by atoms with Crippen LogP contribution < -0.4 is 11.3 Å². The van der Waals surface area contributed by atoms with E-state index in [4.69, 9.17) is 10.3 Å². The highest BCUT2D eigenvalue weighted by atomic mass is 19.4. The van der Waals surface area contributed by atoms with Crippen LogP contribution in [0.25, 0.3) is 0 Å². The maximum Gasteiger partial charge on any atom is 0.416 e. The lowest BCUT2D eigenvalue weighted by atomic mass is 9.93. The first kappa shape index (κ1) is 15.6. The number of hydrogen-bond donors (Lipinski definition) is 2. The average Bonchev–Trinajstić information content (AvgIpc) is 2.88. The summed E-state index contributed by atoms with van der Waals surface area (Å²) in [5, 5.41) is 0. The van der Waals surface area contributed by atoms with Crippen molar-refractivity contribution in [2.75, 3.05) is 0 Å². The Hall–Kier alpha value is -1.79. The van der Waals surface area contributed by atoms with E-state index in [1.165, 1.54) is 6.07 Å². The third kappa shape index (κ3) is 3.11. The molecule has 0 fully saturated rings. The maximum atomic E-state index is 12.7. The molecular formula is C15H17F3N2O. The molecule has 3 nitrogen and oxygen atoms in total. The molecule has 1 aromatic carbocycles. The number of hydrazine groups is 1. The van der Waals surface area contributed by atoms with E-state index in [2.05, 4.69) is 5.43 Å². The van der Waals surface area contributed by atoms with Crippen LogP contribution in [0.1, 0.15) is 41.0 Å². The van der Waals surface area contributed by atoms with E-state index in [0.29, 0.717) is 17.5 Å². The van der Waals surface area contributed by atoms with Crippen molar-refractivity contribution < 1.29 is 17.6 Å². The first-order chi connectivity index (χ1) is 9.88. The first-order valence-corrected chi connectivity index (χ1v) is 6.58. The van der Waals surface area contributed by atoms with Gasteiger partial charge in [-0.25, -0.2) is 5.43 Å². The van der Waals surface area contributed by atoms with Crippen LogP contribution in [0.15, 0.2) is 34.9 Å². The van der Waals surface area contributed by atoms with Gasteiger partial charge in [-0.15, -0.1) is 0 Å². The molecule has 0 spiro atoms. The fourth-order valence-corrected chi connectivity index (χ4v) is 2.42. The molecule has 1 atom stereocenters. The standard InChI is InChI=1S/C15H17F3N2O/c1-3-13-12(6-7-21-13)14(20-19)11-5-4-10(8-9(11)2)15(16,17)18/h4-8,14,20H,3,19H2,1-2H3. The zero-order valence-electron chi connectivity index (χ0n) is 11.8. The number of aryl methyl sites for hydroxylation is 2. The highest BCUT2D eigenvalue weighted by Gasteiger charge is 2.31. The number of hydrogen-bond acceptors (Lipinski definition) is 3. The lowest BCUT2D eigenvalue weighted by Crippen LogP contribution is -2.29. The summed E-state index contributed by atoms with van der Waals surface area (Å²) in [6.07, 6.45) is -2.11. The van der Waals surface area contributed by atoms with E-state index < -0.39 is 17.8 Å². The minimum absolute atomic E-state index is 0.402. The van der Waals surface area contributed by atoms with Gasteiger partial charge in [0.05, 0.1) is 17.9 Å². The van der Waals surface area contributed by atoms with E-state index in [1.807, 2.05) is 6.92 Å². The molecule has 1 unspecified atom stereocenters. The molecule has 2 rings (SSSR count). The van der Waals surface area contributed by atoms with Crippen LogP contribution in [0, 0.1) is 6.92 Å². The Morgan fingerprint density at radius 2 is 1.95 bits per heavy atom. The maximum absolute atomic E-state index is 12.7. The molecule has 6 heteroatoms. The molecular weight excluding hydrogens is 281 g/mol. The minimum atomic E-state index is -4.35. The van der Waals surface area contributed by atoms with Crippen LogP contribution in [0.3, 0.4) is 0 Å². The van der Waals surface area contributed by atoms with Gasteiger partial charge in [-0.1, -0.05) is 13.0 Å². The molecule has 0 saturated heterocycles. The molecule has 21 heavy (non-hydrogen) atoms. The summed E-state index contributed by atoms with van der Waals surface area (Å²) in [6.45, 7) is 3.58. The molecule has 0 aliphatic rings. The molecule has 114 valence electrons. The quantitative estimate of drug-likeness (QED) is 0.668. The number of rotatable bonds is 4. The third-order valence-electron chi connectivity index (χ3n) is 3.49. The number of nitrogens with one attached hydrogen (secondary N) is 1. The summed E-state index contributed by atoms with van der Waals surface area (Å²) in [6, 6.07) is 5.03. The van der Waals surface area contributed by atoms with Crippen molar-refractivity contribution in [2.45, 2.75) is 32.5 Å². The van der Waals surface area contributed by atoms with Crippen molar-refractivity contribution in [1.82, 2.24) is 5.43 Å². The number of halogens is 3. The summed E-state index contributed by atoms with van der Waals surface area (Å²) in [7, 11) is 0. The number of benzene rings is 1. The zero-order chi connectivity index (χ0) is 15.6. The summed E-state index contributed by atoms with van der Waals surface area (Å²) in [5.41, 5.74) is 4.04. The molecule has 0 aliphatic carbocycles. The molecule has 0 bridgehead atoms. The van der Waals surface area contributed by atoms with Crippen LogP contribution in [-0.2, 0) is 12.6 Å². The van der Waals surface area contributed by atoms with Gasteiger partial charge in [0.15, 0.2) is 0 Å². The van der Waals surface area contributed by atoms with E-state index in [1.54, 1.807) is 19.3 Å². The van der Waals surface area contributed by atoms with Crippen molar-refractivity contribution in [3.63, 3.8) is 0 Å². The molecule has 0 aliphatic heterocycles. The van der Waals surface area contributed by atoms with Crippen molar-refractivity contribution in [1.29, 1.82) is 0 Å². The second-order valence-electron chi connectivity index (χ2n) is 4.82. The normalized spacial score (nSPS) is 13.4. The van der Waals surface area contributed by atoms with Crippen LogP contribution in [0.4, 0.5) is 13.2 Å². The smallest absolute Gasteiger partial charge is 0.416 e. The van der Waals surface area contributed by atoms with Crippen molar-refractivity contribution in [3.05, 3.63) is 58.5 Å². The van der Waals surface area contributed by atoms with Gasteiger partial charge in [0.25, 0.3) is 0 Å². The Labute approximate surface area is 120 Å². The Balaban J connectivity index is 2.44. The fraction of sp³-hybridized carbons (Fsp3) is 0.333. The van der Waals surface area contributed by atoms with Gasteiger partial charge in [0.2, 0.25) is 0 Å². The van der Waals surface area contributed by atoms with Crippen molar-refractivity contribution >= 4 is 0 Å². The lowest BCUT2D eigenvalue weighted by molar-refractivity contribution is -0.137. The predicted octanol–water partition coefficient (Wildman–Crippen LogP) is 3.72. The van der Waals surface area contributed by atoms with Gasteiger partial charge in [-0.3, -0.25) is 5.84 Å². The first-order valence-electron chi connectivity index (χ1n) is 6.58. The molecule has 2 aromatic rings. The van der Waals surface area contributed by atoms with E-state index in [9.17, 15) is 13.2 Å². The van der Waals surface area contributed by atoms with E-state index >= 15 is 0 Å². The minimum Gasteiger partial charge on any atom is -0.469 e. The van der Waals surface area contributed by atoms with Crippen molar-refractivity contribution in [2.24, 2.45) is 5.84 Å². The Morgan fingerprint density at radius 1 is 1.24 bits per heavy atom. The molecule has 0 saturated carbocycles. The average molecular weight is 298 g/mol. The van der Waals surface area contributed by atoms with Crippen LogP contribution in [-0.4, -0.2) is 0 Å². The van der Waals surface area contributed by atoms with Gasteiger partial charge < -0.3 is 4.42 Å². The third-order valence-corrected chi connectivity index (χ3v) is 3.49. The molecule has 1 aromatic heterocycles. The molecule has 3 N–H and O–H groups in total. The van der Waals surface area contributed by atoms with Crippen LogP contribution in [0.2, 0.25) is 0 Å². The Kier molecular flexibility index (Phi) is 4.39. The van der Waals surface area contributed by atoms with E-state index in [0.717, 1.165) is 23.5 Å². The largest absolute Gasteiger partial charge is 0.469 e. The molecule has 0 radical (unpaired) electrons. The molecule has 1 heterocycles. The second kappa shape index (κ2) is 5.91. The summed E-state index contributed by atoms with van der Waals surface area (Å²) >= 11 is 0. The lowest BCUT2D eigenvalue weighted by Gasteiger charge is -2.20. The van der Waals surface area contributed by atoms with Crippen LogP contribution >= 0.6 is 0 Å². The molecule has 0 amide bonds. The van der Waals surface area contributed by atoms with Gasteiger partial charge in [-0.2, -0.15) is 13.2 Å². The zero-order valence-corrected chi connectivity index (χ0v) is 11.8. The van der Waals surface area contributed by atoms with Gasteiger partial charge in [0, 0.05) is 12.0 Å².